The van der Waals surface area contributed by atoms with Crippen molar-refractivity contribution in [1.82, 2.24) is 9.97 Å². The van der Waals surface area contributed by atoms with Crippen molar-refractivity contribution in [3.8, 4) is 5.75 Å². The molecule has 1 saturated heterocycles. The molecular weight excluding hydrogens is 390 g/mol. The van der Waals surface area contributed by atoms with Crippen LogP contribution in [0.5, 0.6) is 5.75 Å². The third-order valence-electron chi connectivity index (χ3n) is 6.38. The van der Waals surface area contributed by atoms with Crippen LogP contribution in [-0.2, 0) is 11.2 Å². The minimum absolute atomic E-state index is 0.00120. The van der Waals surface area contributed by atoms with Gasteiger partial charge in [0, 0.05) is 12.6 Å². The van der Waals surface area contributed by atoms with Crippen LogP contribution in [0.3, 0.4) is 0 Å². The van der Waals surface area contributed by atoms with Gasteiger partial charge in [-0.2, -0.15) is 0 Å². The number of ether oxygens (including phenoxy) is 2. The van der Waals surface area contributed by atoms with Crippen LogP contribution in [-0.4, -0.2) is 34.8 Å². The number of carbonyl (C=O) groups is 1. The molecule has 2 heterocycles. The molecule has 1 amide bonds. The smallest absolute Gasteiger partial charge is 0.415 e. The highest BCUT2D eigenvalue weighted by molar-refractivity contribution is 5.89. The fourth-order valence-corrected chi connectivity index (χ4v) is 4.47. The third kappa shape index (κ3) is 5.17. The summed E-state index contributed by atoms with van der Waals surface area (Å²) in [7, 11) is 0. The molecule has 2 aliphatic rings. The average molecular weight is 424 g/mol. The molecule has 2 aromatic rings. The third-order valence-corrected chi connectivity index (χ3v) is 6.38. The maximum Gasteiger partial charge on any atom is 0.415 e. The Morgan fingerprint density at radius 2 is 1.97 bits per heavy atom. The fourth-order valence-electron chi connectivity index (χ4n) is 4.47. The Labute approximate surface area is 185 Å². The normalized spacial score (nSPS) is 20.7. The summed E-state index contributed by atoms with van der Waals surface area (Å²) in [5, 5.41) is 0. The molecule has 1 aliphatic heterocycles. The lowest BCUT2D eigenvalue weighted by atomic mass is 9.96. The van der Waals surface area contributed by atoms with E-state index >= 15 is 0 Å². The molecule has 1 saturated carbocycles. The van der Waals surface area contributed by atoms with Gasteiger partial charge in [0.25, 0.3) is 0 Å². The van der Waals surface area contributed by atoms with Crippen LogP contribution in [0.25, 0.3) is 0 Å². The topological polar surface area (TPSA) is 64.5 Å². The van der Waals surface area contributed by atoms with Crippen LogP contribution in [0.4, 0.5) is 10.6 Å². The quantitative estimate of drug-likeness (QED) is 0.587. The maximum absolute atomic E-state index is 12.3. The molecule has 0 unspecified atom stereocenters. The van der Waals surface area contributed by atoms with E-state index in [1.165, 1.54) is 24.8 Å². The second kappa shape index (κ2) is 9.67. The van der Waals surface area contributed by atoms with E-state index in [1.54, 1.807) is 17.2 Å². The minimum atomic E-state index is -0.330. The fraction of sp³-hybridized carbons (Fsp3) is 0.560. The number of nitrogens with zero attached hydrogens (tertiary/aromatic N) is 3. The average Bonchev–Trinajstić information content (AvgIpc) is 3.16. The molecule has 1 aliphatic carbocycles. The molecule has 6 nitrogen and oxygen atoms in total. The zero-order chi connectivity index (χ0) is 21.8. The summed E-state index contributed by atoms with van der Waals surface area (Å²) in [5.74, 6) is 2.82. The molecule has 0 N–H and O–H groups in total. The van der Waals surface area contributed by atoms with Gasteiger partial charge >= 0.3 is 6.09 Å². The Bertz CT molecular complexity index is 895. The number of rotatable bonds is 7. The van der Waals surface area contributed by atoms with Gasteiger partial charge in [0.2, 0.25) is 0 Å². The molecule has 0 radical (unpaired) electrons. The molecule has 166 valence electrons. The van der Waals surface area contributed by atoms with Crippen molar-refractivity contribution < 1.29 is 14.3 Å². The highest BCUT2D eigenvalue weighted by atomic mass is 16.6. The Morgan fingerprint density at radius 1 is 1.16 bits per heavy atom. The largest absolute Gasteiger partial charge is 0.490 e. The molecule has 1 aromatic heterocycles. The molecule has 2 fully saturated rings. The van der Waals surface area contributed by atoms with Crippen molar-refractivity contribution in [1.29, 1.82) is 0 Å². The monoisotopic (exact) mass is 423 g/mol. The number of cyclic esters (lactones) is 1. The van der Waals surface area contributed by atoms with Crippen LogP contribution in [0, 0.1) is 5.92 Å². The number of carbonyl (C=O) groups excluding carboxylic acids is 1. The Morgan fingerprint density at radius 3 is 2.74 bits per heavy atom. The molecule has 2 atom stereocenters. The van der Waals surface area contributed by atoms with Crippen LogP contribution < -0.4 is 9.64 Å². The van der Waals surface area contributed by atoms with Crippen LogP contribution in [0.1, 0.15) is 70.2 Å². The first kappa shape index (κ1) is 21.6. The second-order valence-electron chi connectivity index (χ2n) is 9.14. The van der Waals surface area contributed by atoms with Crippen molar-refractivity contribution in [2.24, 2.45) is 5.92 Å². The summed E-state index contributed by atoms with van der Waals surface area (Å²) < 4.78 is 11.5. The van der Waals surface area contributed by atoms with Crippen molar-refractivity contribution in [3.63, 3.8) is 0 Å². The highest BCUT2D eigenvalue weighted by Crippen LogP contribution is 2.29. The summed E-state index contributed by atoms with van der Waals surface area (Å²) in [4.78, 5) is 23.1. The number of hydrogen-bond donors (Lipinski definition) is 0. The predicted molar refractivity (Wildman–Crippen MR) is 121 cm³/mol. The first-order valence-corrected chi connectivity index (χ1v) is 11.6. The van der Waals surface area contributed by atoms with Gasteiger partial charge in [-0.1, -0.05) is 39.3 Å². The zero-order valence-corrected chi connectivity index (χ0v) is 18.8. The van der Waals surface area contributed by atoms with Crippen LogP contribution in [0.15, 0.2) is 36.5 Å². The minimum Gasteiger partial charge on any atom is -0.490 e. The molecule has 0 spiro atoms. The first-order valence-electron chi connectivity index (χ1n) is 11.6. The number of hydrogen-bond acceptors (Lipinski definition) is 5. The lowest BCUT2D eigenvalue weighted by Gasteiger charge is -2.24. The van der Waals surface area contributed by atoms with Crippen LogP contribution in [0.2, 0.25) is 0 Å². The van der Waals surface area contributed by atoms with Crippen molar-refractivity contribution in [2.45, 2.75) is 77.4 Å². The molecule has 0 bridgehead atoms. The molecule has 31 heavy (non-hydrogen) atoms. The Hall–Kier alpha value is -2.63. The van der Waals surface area contributed by atoms with E-state index in [1.807, 2.05) is 6.07 Å². The summed E-state index contributed by atoms with van der Waals surface area (Å²) >= 11 is 0. The molecule has 1 aromatic carbocycles. The van der Waals surface area contributed by atoms with Gasteiger partial charge < -0.3 is 9.47 Å². The summed E-state index contributed by atoms with van der Waals surface area (Å²) in [6, 6.07) is 10.2. The number of aromatic nitrogens is 2. The molecule has 4 rings (SSSR count). The van der Waals surface area contributed by atoms with E-state index in [0.717, 1.165) is 24.4 Å². The van der Waals surface area contributed by atoms with E-state index in [0.29, 0.717) is 24.9 Å². The van der Waals surface area contributed by atoms with Crippen molar-refractivity contribution >= 4 is 11.9 Å². The van der Waals surface area contributed by atoms with Gasteiger partial charge in [-0.15, -0.1) is 0 Å². The van der Waals surface area contributed by atoms with Gasteiger partial charge in [-0.05, 0) is 61.3 Å². The second-order valence-corrected chi connectivity index (χ2v) is 9.14. The van der Waals surface area contributed by atoms with Gasteiger partial charge in [-0.25, -0.2) is 14.8 Å². The number of benzene rings is 1. The van der Waals surface area contributed by atoms with Crippen LogP contribution >= 0.6 is 0 Å². The van der Waals surface area contributed by atoms with E-state index in [2.05, 4.69) is 44.0 Å². The first-order chi connectivity index (χ1) is 15.0. The predicted octanol–water partition coefficient (Wildman–Crippen LogP) is 5.52. The highest BCUT2D eigenvalue weighted by Gasteiger charge is 2.37. The standard InChI is InChI=1S/C25H33N3O3/c1-17(2)22-16-30-25(29)28(22)24-12-13-26-23(27-24)14-18(3)19-8-7-11-21(15-19)31-20-9-5-4-6-10-20/h7-8,11-13,15,17-18,20,22H,4-6,9-10,14,16H2,1-3H3/t18-,22-/m1/s1. The van der Waals surface area contributed by atoms with E-state index in [4.69, 9.17) is 14.5 Å². The van der Waals surface area contributed by atoms with Crippen molar-refractivity contribution in [2.75, 3.05) is 11.5 Å². The lowest BCUT2D eigenvalue weighted by Crippen LogP contribution is -2.37. The summed E-state index contributed by atoms with van der Waals surface area (Å²) in [5.41, 5.74) is 1.21. The lowest BCUT2D eigenvalue weighted by molar-refractivity contribution is 0.155. The van der Waals surface area contributed by atoms with E-state index in [-0.39, 0.29) is 24.0 Å². The molecular formula is C25H33N3O3. The van der Waals surface area contributed by atoms with Gasteiger partial charge in [0.15, 0.2) is 0 Å². The van der Waals surface area contributed by atoms with Crippen molar-refractivity contribution in [3.05, 3.63) is 47.9 Å². The van der Waals surface area contributed by atoms with E-state index in [9.17, 15) is 4.79 Å². The van der Waals surface area contributed by atoms with Gasteiger partial charge in [0.05, 0.1) is 12.1 Å². The maximum atomic E-state index is 12.3. The SMILES string of the molecule is CC(C)[C@H]1COC(=O)N1c1ccnc(C[C@@H](C)c2cccc(OC3CCCCC3)c2)n1. The molecule has 6 heteroatoms. The summed E-state index contributed by atoms with van der Waals surface area (Å²) in [6.45, 7) is 6.76. The zero-order valence-electron chi connectivity index (χ0n) is 18.8. The number of amides is 1. The van der Waals surface area contributed by atoms with Gasteiger partial charge in [0.1, 0.15) is 24.0 Å². The Kier molecular flexibility index (Phi) is 6.73. The van der Waals surface area contributed by atoms with E-state index < -0.39 is 0 Å². The number of anilines is 1. The summed E-state index contributed by atoms with van der Waals surface area (Å²) in [6.07, 6.45) is 8.58. The van der Waals surface area contributed by atoms with Gasteiger partial charge in [-0.3, -0.25) is 4.90 Å². The Balaban J connectivity index is 1.45.